The predicted octanol–water partition coefficient (Wildman–Crippen LogP) is 7.20. The average Bonchev–Trinajstić information content (AvgIpc) is 3.81. The summed E-state index contributed by atoms with van der Waals surface area (Å²) < 4.78 is 40.7. The molecule has 1 fully saturated rings. The minimum Gasteiger partial charge on any atom is -0.481 e. The van der Waals surface area contributed by atoms with Crippen molar-refractivity contribution in [2.24, 2.45) is 11.8 Å². The molecule has 0 unspecified atom stereocenters. The number of nitrogens with zero attached hydrogens (tertiary/aromatic N) is 5. The van der Waals surface area contributed by atoms with E-state index in [1.165, 1.54) is 5.56 Å². The topological polar surface area (TPSA) is 129 Å². The molecular formula is C37H40N6O4S2. The molecule has 0 bridgehead atoms. The number of thiophene rings is 1. The van der Waals surface area contributed by atoms with Gasteiger partial charge in [-0.2, -0.15) is 4.98 Å². The zero-order valence-corrected chi connectivity index (χ0v) is 29.6. The SMILES string of the molecule is COc1ccnc(-c2c(CCC3CCOCC3)nc3c(c2-c2cc4ccnc(N[C@H]5CCc6ncccc65)c4s2)S(=O)(=O)C[C@H]3C(C)C)n1. The smallest absolute Gasteiger partial charge is 0.216 e. The molecule has 0 amide bonds. The Morgan fingerprint density at radius 2 is 1.86 bits per heavy atom. The summed E-state index contributed by atoms with van der Waals surface area (Å²) in [6, 6.07) is 10.00. The van der Waals surface area contributed by atoms with Crippen molar-refractivity contribution < 1.29 is 17.9 Å². The lowest BCUT2D eigenvalue weighted by molar-refractivity contribution is 0.0639. The highest BCUT2D eigenvalue weighted by Gasteiger charge is 2.43. The molecule has 5 aromatic heterocycles. The molecule has 1 saturated heterocycles. The van der Waals surface area contributed by atoms with Gasteiger partial charge < -0.3 is 14.8 Å². The molecule has 2 atom stereocenters. The molecule has 12 heteroatoms. The second kappa shape index (κ2) is 13.0. The summed E-state index contributed by atoms with van der Waals surface area (Å²) >= 11 is 1.56. The number of pyridine rings is 3. The minimum atomic E-state index is -3.67. The van der Waals surface area contributed by atoms with Gasteiger partial charge in [0, 0.05) is 59.9 Å². The molecule has 0 aromatic carbocycles. The molecule has 8 rings (SSSR count). The van der Waals surface area contributed by atoms with Crippen molar-refractivity contribution in [1.82, 2.24) is 24.9 Å². The van der Waals surface area contributed by atoms with E-state index in [0.29, 0.717) is 45.8 Å². The fourth-order valence-corrected chi connectivity index (χ4v) is 11.1. The van der Waals surface area contributed by atoms with Gasteiger partial charge in [-0.15, -0.1) is 11.3 Å². The first-order valence-electron chi connectivity index (χ1n) is 17.1. The summed E-state index contributed by atoms with van der Waals surface area (Å²) in [5, 5.41) is 4.69. The number of aromatic nitrogens is 5. The number of sulfone groups is 1. The molecular weight excluding hydrogens is 657 g/mol. The van der Waals surface area contributed by atoms with Crippen LogP contribution >= 0.6 is 11.3 Å². The third-order valence-corrected chi connectivity index (χ3v) is 13.3. The highest BCUT2D eigenvalue weighted by atomic mass is 32.2. The molecule has 1 aliphatic carbocycles. The number of hydrogen-bond donors (Lipinski definition) is 1. The van der Waals surface area contributed by atoms with Gasteiger partial charge in [0.15, 0.2) is 15.7 Å². The summed E-state index contributed by atoms with van der Waals surface area (Å²) in [6.45, 7) is 5.69. The first-order chi connectivity index (χ1) is 23.8. The number of hydrogen-bond acceptors (Lipinski definition) is 11. The van der Waals surface area contributed by atoms with Gasteiger partial charge in [0.05, 0.1) is 45.5 Å². The molecule has 10 nitrogen and oxygen atoms in total. The first-order valence-corrected chi connectivity index (χ1v) is 19.6. The van der Waals surface area contributed by atoms with E-state index in [1.807, 2.05) is 24.5 Å². The number of anilines is 1. The van der Waals surface area contributed by atoms with E-state index in [0.717, 1.165) is 77.5 Å². The third kappa shape index (κ3) is 5.97. The van der Waals surface area contributed by atoms with Crippen LogP contribution in [0.1, 0.15) is 74.1 Å². The predicted molar refractivity (Wildman–Crippen MR) is 191 cm³/mol. The van der Waals surface area contributed by atoms with Crippen molar-refractivity contribution in [3.05, 3.63) is 71.6 Å². The van der Waals surface area contributed by atoms with Gasteiger partial charge in [0.25, 0.3) is 0 Å². The van der Waals surface area contributed by atoms with Crippen LogP contribution in [0.2, 0.25) is 0 Å². The molecule has 3 aliphatic rings. The highest BCUT2D eigenvalue weighted by molar-refractivity contribution is 7.92. The number of rotatable bonds is 9. The van der Waals surface area contributed by atoms with Gasteiger partial charge in [0.1, 0.15) is 5.82 Å². The van der Waals surface area contributed by atoms with E-state index in [1.54, 1.807) is 30.7 Å². The first kappa shape index (κ1) is 32.2. The van der Waals surface area contributed by atoms with Crippen LogP contribution in [0.5, 0.6) is 5.88 Å². The number of methoxy groups -OCH3 is 1. The van der Waals surface area contributed by atoms with Crippen molar-refractivity contribution in [1.29, 1.82) is 0 Å². The normalized spacial score (nSPS) is 20.1. The van der Waals surface area contributed by atoms with E-state index < -0.39 is 9.84 Å². The lowest BCUT2D eigenvalue weighted by Crippen LogP contribution is -2.17. The Balaban J connectivity index is 1.33. The van der Waals surface area contributed by atoms with Gasteiger partial charge in [0.2, 0.25) is 5.88 Å². The van der Waals surface area contributed by atoms with Crippen molar-refractivity contribution >= 4 is 37.1 Å². The summed E-state index contributed by atoms with van der Waals surface area (Å²) in [5.74, 6) is 2.05. The fourth-order valence-electron chi connectivity index (χ4n) is 7.64. The molecule has 254 valence electrons. The molecule has 0 radical (unpaired) electrons. The standard InChI is InChI=1S/C37H40N6O4S2/c1-21(2)25-20-49(44,45)35-32(29-19-23-10-15-40-37(34(23)48-29)42-27-9-8-26-24(27)5-4-14-38-26)31(36-39-16-11-30(43-36)46-3)28(41-33(25)35)7-6-22-12-17-47-18-13-22/h4-5,10-11,14-16,19,21-22,25,27H,6-9,12-13,17-18,20H2,1-3H3,(H,40,42)/t25-,27-/m0/s1. The van der Waals surface area contributed by atoms with Gasteiger partial charge in [-0.25, -0.2) is 18.4 Å². The molecule has 0 spiro atoms. The maximum atomic E-state index is 14.3. The van der Waals surface area contributed by atoms with Gasteiger partial charge in [-0.3, -0.25) is 9.97 Å². The van der Waals surface area contributed by atoms with Crippen LogP contribution < -0.4 is 10.1 Å². The van der Waals surface area contributed by atoms with Crippen molar-refractivity contribution in [2.75, 3.05) is 31.4 Å². The Kier molecular flexibility index (Phi) is 8.57. The Morgan fingerprint density at radius 1 is 1.02 bits per heavy atom. The van der Waals surface area contributed by atoms with Crippen molar-refractivity contribution in [2.45, 2.75) is 69.2 Å². The van der Waals surface area contributed by atoms with E-state index >= 15 is 0 Å². The van der Waals surface area contributed by atoms with Crippen molar-refractivity contribution in [3.8, 4) is 27.7 Å². The van der Waals surface area contributed by atoms with Gasteiger partial charge in [-0.05, 0) is 79.5 Å². The molecule has 49 heavy (non-hydrogen) atoms. The second-order valence-corrected chi connectivity index (χ2v) is 16.7. The Hall–Kier alpha value is -4.00. The average molecular weight is 697 g/mol. The molecule has 1 N–H and O–H groups in total. The second-order valence-electron chi connectivity index (χ2n) is 13.6. The van der Waals surface area contributed by atoms with E-state index in [-0.39, 0.29) is 23.6 Å². The van der Waals surface area contributed by atoms with Crippen LogP contribution in [-0.2, 0) is 27.4 Å². The largest absolute Gasteiger partial charge is 0.481 e. The minimum absolute atomic E-state index is 0.0379. The van der Waals surface area contributed by atoms with Crippen LogP contribution in [0.25, 0.3) is 31.9 Å². The fraction of sp³-hybridized carbons (Fsp3) is 0.432. The van der Waals surface area contributed by atoms with Gasteiger partial charge >= 0.3 is 0 Å². The number of aryl methyl sites for hydroxylation is 2. The number of nitrogens with one attached hydrogen (secondary N) is 1. The zero-order chi connectivity index (χ0) is 33.7. The molecule has 7 heterocycles. The number of fused-ring (bicyclic) bond motifs is 3. The summed E-state index contributed by atoms with van der Waals surface area (Å²) in [6.07, 6.45) is 10.8. The van der Waals surface area contributed by atoms with Crippen LogP contribution in [-0.4, -0.2) is 59.4 Å². The van der Waals surface area contributed by atoms with E-state index in [4.69, 9.17) is 29.4 Å². The maximum absolute atomic E-state index is 14.3. The van der Waals surface area contributed by atoms with E-state index in [2.05, 4.69) is 36.3 Å². The summed E-state index contributed by atoms with van der Waals surface area (Å²) in [5.41, 5.74) is 5.13. The molecule has 5 aromatic rings. The van der Waals surface area contributed by atoms with Crippen LogP contribution in [0.3, 0.4) is 0 Å². The summed E-state index contributed by atoms with van der Waals surface area (Å²) in [7, 11) is -2.10. The highest BCUT2D eigenvalue weighted by Crippen LogP contribution is 2.51. The molecule has 0 saturated carbocycles. The van der Waals surface area contributed by atoms with Crippen LogP contribution in [0, 0.1) is 11.8 Å². The molecule has 2 aliphatic heterocycles. The van der Waals surface area contributed by atoms with Crippen LogP contribution in [0.4, 0.5) is 5.82 Å². The Morgan fingerprint density at radius 3 is 2.67 bits per heavy atom. The van der Waals surface area contributed by atoms with E-state index in [9.17, 15) is 8.42 Å². The summed E-state index contributed by atoms with van der Waals surface area (Å²) in [4.78, 5) is 25.3. The van der Waals surface area contributed by atoms with Gasteiger partial charge in [-0.1, -0.05) is 19.9 Å². The Bertz CT molecular complexity index is 2140. The third-order valence-electron chi connectivity index (χ3n) is 10.3. The van der Waals surface area contributed by atoms with Crippen molar-refractivity contribution in [3.63, 3.8) is 0 Å². The lowest BCUT2D eigenvalue weighted by atomic mass is 9.89. The number of ether oxygens (including phenoxy) is 2. The Labute approximate surface area is 290 Å². The maximum Gasteiger partial charge on any atom is 0.216 e. The lowest BCUT2D eigenvalue weighted by Gasteiger charge is -2.23. The zero-order valence-electron chi connectivity index (χ0n) is 28.0. The quantitative estimate of drug-likeness (QED) is 0.169. The monoisotopic (exact) mass is 696 g/mol. The van der Waals surface area contributed by atoms with Crippen LogP contribution in [0.15, 0.2) is 53.8 Å².